The van der Waals surface area contributed by atoms with Crippen LogP contribution in [0.2, 0.25) is 0 Å². The number of rotatable bonds is 8. The van der Waals surface area contributed by atoms with Crippen molar-refractivity contribution in [3.05, 3.63) is 29.8 Å². The highest BCUT2D eigenvalue weighted by Gasteiger charge is 2.05. The van der Waals surface area contributed by atoms with Crippen molar-refractivity contribution in [2.75, 3.05) is 13.2 Å². The van der Waals surface area contributed by atoms with Gasteiger partial charge in [-0.1, -0.05) is 19.1 Å². The number of nitrogens with two attached hydrogens (primary N) is 1. The molecule has 100 valence electrons. The summed E-state index contributed by atoms with van der Waals surface area (Å²) in [7, 11) is 0. The quantitative estimate of drug-likeness (QED) is 0.688. The third kappa shape index (κ3) is 5.16. The van der Waals surface area contributed by atoms with E-state index in [9.17, 15) is 4.79 Å². The Labute approximate surface area is 107 Å². The second-order valence-corrected chi connectivity index (χ2v) is 4.01. The molecule has 3 N–H and O–H groups in total. The number of carbonyl (C=O) groups is 1. The summed E-state index contributed by atoms with van der Waals surface area (Å²) in [5, 5.41) is 0. The minimum Gasteiger partial charge on any atom is -0.494 e. The second-order valence-electron chi connectivity index (χ2n) is 4.01. The van der Waals surface area contributed by atoms with Gasteiger partial charge in [-0.3, -0.25) is 9.63 Å². The number of nitrogens with one attached hydrogen (secondary N) is 1. The smallest absolute Gasteiger partial charge is 0.245 e. The molecule has 0 heterocycles. The number of primary amides is 1. The first-order chi connectivity index (χ1) is 8.63. The Kier molecular flexibility index (Phi) is 6.18. The molecule has 1 unspecified atom stereocenters. The number of hydrogen-bond donors (Lipinski definition) is 2. The number of carbonyl (C=O) groups excluding carboxylic acids is 1. The van der Waals surface area contributed by atoms with Gasteiger partial charge in [0.2, 0.25) is 5.91 Å². The second kappa shape index (κ2) is 7.68. The number of ether oxygens (including phenoxy) is 1. The molecule has 0 aliphatic heterocycles. The predicted molar refractivity (Wildman–Crippen MR) is 68.9 cm³/mol. The van der Waals surface area contributed by atoms with Gasteiger partial charge in [-0.2, -0.15) is 5.48 Å². The van der Waals surface area contributed by atoms with Crippen molar-refractivity contribution in [3.8, 4) is 5.75 Å². The van der Waals surface area contributed by atoms with Crippen LogP contribution >= 0.6 is 0 Å². The fraction of sp³-hybridized carbons (Fsp3) is 0.462. The highest BCUT2D eigenvalue weighted by Crippen LogP contribution is 2.17. The lowest BCUT2D eigenvalue weighted by atomic mass is 10.1. The first kappa shape index (κ1) is 14.5. The van der Waals surface area contributed by atoms with E-state index in [4.69, 9.17) is 15.3 Å². The van der Waals surface area contributed by atoms with Gasteiger partial charge in [0.1, 0.15) is 12.4 Å². The van der Waals surface area contributed by atoms with Crippen LogP contribution in [0.1, 0.15) is 31.9 Å². The summed E-state index contributed by atoms with van der Waals surface area (Å²) in [6.07, 6.45) is 0.987. The van der Waals surface area contributed by atoms with E-state index >= 15 is 0 Å². The summed E-state index contributed by atoms with van der Waals surface area (Å²) < 4.78 is 5.49. The van der Waals surface area contributed by atoms with Crippen molar-refractivity contribution in [3.63, 3.8) is 0 Å². The predicted octanol–water partition coefficient (Wildman–Crippen LogP) is 1.54. The third-order valence-electron chi connectivity index (χ3n) is 2.33. The minimum absolute atomic E-state index is 0.0235. The average Bonchev–Trinajstić information content (AvgIpc) is 2.36. The molecule has 1 atom stereocenters. The van der Waals surface area contributed by atoms with E-state index in [1.807, 2.05) is 31.2 Å². The number of hydrogen-bond acceptors (Lipinski definition) is 4. The van der Waals surface area contributed by atoms with Crippen LogP contribution < -0.4 is 16.0 Å². The molecule has 0 aliphatic carbocycles. The molecule has 1 aromatic carbocycles. The van der Waals surface area contributed by atoms with E-state index in [1.54, 1.807) is 0 Å². The average molecular weight is 252 g/mol. The molecule has 1 amide bonds. The van der Waals surface area contributed by atoms with Crippen molar-refractivity contribution < 1.29 is 14.4 Å². The summed E-state index contributed by atoms with van der Waals surface area (Å²) in [5.41, 5.74) is 8.76. The van der Waals surface area contributed by atoms with Crippen LogP contribution in [0.15, 0.2) is 24.3 Å². The topological polar surface area (TPSA) is 73.6 Å². The van der Waals surface area contributed by atoms with Gasteiger partial charge in [-0.15, -0.1) is 0 Å². The highest BCUT2D eigenvalue weighted by atomic mass is 16.6. The van der Waals surface area contributed by atoms with Gasteiger partial charge >= 0.3 is 0 Å². The van der Waals surface area contributed by atoms with Crippen molar-refractivity contribution >= 4 is 5.91 Å². The zero-order chi connectivity index (χ0) is 13.4. The molecule has 0 saturated heterocycles. The number of hydroxylamine groups is 1. The standard InChI is InChI=1S/C13H20N2O3/c1-3-8-17-12-6-4-11(5-7-12)10(2)15-18-9-13(14)16/h4-7,10,15H,3,8-9H2,1-2H3,(H2,14,16). The normalized spacial score (nSPS) is 12.1. The van der Waals surface area contributed by atoms with Crippen molar-refractivity contribution in [2.24, 2.45) is 5.73 Å². The molecule has 5 nitrogen and oxygen atoms in total. The molecule has 5 heteroatoms. The molecule has 0 radical (unpaired) electrons. The molecule has 1 rings (SSSR count). The first-order valence-electron chi connectivity index (χ1n) is 6.02. The van der Waals surface area contributed by atoms with Crippen molar-refractivity contribution in [2.45, 2.75) is 26.3 Å². The molecule has 0 aliphatic rings. The van der Waals surface area contributed by atoms with Gasteiger partial charge < -0.3 is 10.5 Å². The molecule has 0 spiro atoms. The molecule has 1 aromatic rings. The first-order valence-corrected chi connectivity index (χ1v) is 6.02. The Morgan fingerprint density at radius 3 is 2.61 bits per heavy atom. The molecule has 18 heavy (non-hydrogen) atoms. The summed E-state index contributed by atoms with van der Waals surface area (Å²) in [4.78, 5) is 15.5. The maximum atomic E-state index is 10.5. The Morgan fingerprint density at radius 1 is 1.39 bits per heavy atom. The van der Waals surface area contributed by atoms with Crippen LogP contribution in [-0.2, 0) is 9.63 Å². The lowest BCUT2D eigenvalue weighted by Crippen LogP contribution is -2.26. The fourth-order valence-corrected chi connectivity index (χ4v) is 1.38. The number of amides is 1. The van der Waals surface area contributed by atoms with Crippen molar-refractivity contribution in [1.29, 1.82) is 0 Å². The van der Waals surface area contributed by atoms with Gasteiger partial charge in [0.15, 0.2) is 0 Å². The monoisotopic (exact) mass is 252 g/mol. The van der Waals surface area contributed by atoms with E-state index in [0.29, 0.717) is 0 Å². The summed E-state index contributed by atoms with van der Waals surface area (Å²) in [5.74, 6) is 0.351. The van der Waals surface area contributed by atoms with Crippen LogP contribution in [0.4, 0.5) is 0 Å². The van der Waals surface area contributed by atoms with E-state index < -0.39 is 5.91 Å². The van der Waals surface area contributed by atoms with Crippen LogP contribution in [0.25, 0.3) is 0 Å². The summed E-state index contributed by atoms with van der Waals surface area (Å²) in [6.45, 7) is 4.58. The van der Waals surface area contributed by atoms with Gasteiger partial charge in [0.05, 0.1) is 12.6 Å². The molecule has 0 bridgehead atoms. The Bertz CT molecular complexity index is 365. The van der Waals surface area contributed by atoms with Crippen LogP contribution in [0, 0.1) is 0 Å². The van der Waals surface area contributed by atoms with Crippen molar-refractivity contribution in [1.82, 2.24) is 5.48 Å². The zero-order valence-electron chi connectivity index (χ0n) is 10.8. The highest BCUT2D eigenvalue weighted by molar-refractivity contribution is 5.74. The lowest BCUT2D eigenvalue weighted by molar-refractivity contribution is -0.126. The zero-order valence-corrected chi connectivity index (χ0v) is 10.8. The van der Waals surface area contributed by atoms with Gasteiger partial charge in [0.25, 0.3) is 0 Å². The number of benzene rings is 1. The largest absolute Gasteiger partial charge is 0.494 e. The Balaban J connectivity index is 2.43. The fourth-order valence-electron chi connectivity index (χ4n) is 1.38. The van der Waals surface area contributed by atoms with E-state index in [1.165, 1.54) is 0 Å². The van der Waals surface area contributed by atoms with Gasteiger partial charge in [-0.25, -0.2) is 0 Å². The Hall–Kier alpha value is -1.59. The Morgan fingerprint density at radius 2 is 2.06 bits per heavy atom. The molecule has 0 fully saturated rings. The van der Waals surface area contributed by atoms with E-state index in [2.05, 4.69) is 12.4 Å². The molecular formula is C13H20N2O3. The summed E-state index contributed by atoms with van der Waals surface area (Å²) in [6, 6.07) is 7.71. The molecule has 0 saturated carbocycles. The van der Waals surface area contributed by atoms with Crippen LogP contribution in [-0.4, -0.2) is 19.1 Å². The van der Waals surface area contributed by atoms with Crippen LogP contribution in [0.3, 0.4) is 0 Å². The van der Waals surface area contributed by atoms with Gasteiger partial charge in [0, 0.05) is 0 Å². The SMILES string of the molecule is CCCOc1ccc(C(C)NOCC(N)=O)cc1. The minimum atomic E-state index is -0.502. The van der Waals surface area contributed by atoms with E-state index in [0.717, 1.165) is 24.3 Å². The maximum Gasteiger partial charge on any atom is 0.245 e. The van der Waals surface area contributed by atoms with Gasteiger partial charge in [-0.05, 0) is 31.0 Å². The lowest BCUT2D eigenvalue weighted by Gasteiger charge is -2.14. The molecule has 0 aromatic heterocycles. The van der Waals surface area contributed by atoms with Crippen LogP contribution in [0.5, 0.6) is 5.75 Å². The maximum absolute atomic E-state index is 10.5. The molecular weight excluding hydrogens is 232 g/mol. The summed E-state index contributed by atoms with van der Waals surface area (Å²) >= 11 is 0. The third-order valence-corrected chi connectivity index (χ3v) is 2.33. The van der Waals surface area contributed by atoms with E-state index in [-0.39, 0.29) is 12.6 Å².